The van der Waals surface area contributed by atoms with Gasteiger partial charge in [-0.15, -0.1) is 6.58 Å². The van der Waals surface area contributed by atoms with Gasteiger partial charge < -0.3 is 19.8 Å². The van der Waals surface area contributed by atoms with Crippen molar-refractivity contribution in [2.75, 3.05) is 13.2 Å². The molecule has 214 valence electrons. The maximum atomic E-state index is 13.0. The maximum Gasteiger partial charge on any atom is 0.490 e. The number of carbonyl (C=O) groups excluding carboxylic acids is 1. The Hall–Kier alpha value is -4.01. The van der Waals surface area contributed by atoms with Crippen LogP contribution in [0.3, 0.4) is 0 Å². The van der Waals surface area contributed by atoms with E-state index in [0.717, 1.165) is 24.1 Å². The van der Waals surface area contributed by atoms with Gasteiger partial charge in [0, 0.05) is 30.8 Å². The van der Waals surface area contributed by atoms with E-state index in [2.05, 4.69) is 16.5 Å². The Morgan fingerprint density at radius 2 is 1.67 bits per heavy atom. The zero-order valence-electron chi connectivity index (χ0n) is 20.4. The van der Waals surface area contributed by atoms with Crippen LogP contribution in [-0.4, -0.2) is 80.6 Å². The minimum absolute atomic E-state index is 0.000522. The molecular formula is C24H25F6N3O6. The van der Waals surface area contributed by atoms with Gasteiger partial charge in [-0.05, 0) is 43.5 Å². The Morgan fingerprint density at radius 3 is 2.10 bits per heavy atom. The second-order valence-corrected chi connectivity index (χ2v) is 7.87. The molecule has 0 aliphatic carbocycles. The van der Waals surface area contributed by atoms with E-state index in [1.54, 1.807) is 18.5 Å². The quantitative estimate of drug-likeness (QED) is 0.396. The Bertz CT molecular complexity index is 1070. The number of pyridine rings is 2. The molecule has 2 N–H and O–H groups in total. The number of rotatable bonds is 6. The van der Waals surface area contributed by atoms with Gasteiger partial charge in [0.15, 0.2) is 0 Å². The molecule has 1 saturated heterocycles. The normalized spacial score (nSPS) is 16.7. The van der Waals surface area contributed by atoms with Gasteiger partial charge >= 0.3 is 24.3 Å². The predicted octanol–water partition coefficient (Wildman–Crippen LogP) is 4.08. The first-order valence-corrected chi connectivity index (χ1v) is 11.0. The smallest absolute Gasteiger partial charge is 0.475 e. The number of ether oxygens (including phenoxy) is 1. The van der Waals surface area contributed by atoms with Crippen LogP contribution in [0.1, 0.15) is 28.0 Å². The first-order chi connectivity index (χ1) is 18.1. The lowest BCUT2D eigenvalue weighted by molar-refractivity contribution is -0.193. The number of likely N-dealkylation sites (tertiary alicyclic amines) is 1. The van der Waals surface area contributed by atoms with Gasteiger partial charge in [0.1, 0.15) is 0 Å². The van der Waals surface area contributed by atoms with E-state index in [0.29, 0.717) is 18.7 Å². The number of aliphatic carboxylic acids is 2. The van der Waals surface area contributed by atoms with Crippen LogP contribution in [0.15, 0.2) is 55.5 Å². The van der Waals surface area contributed by atoms with Gasteiger partial charge in [0.2, 0.25) is 0 Å². The fourth-order valence-corrected chi connectivity index (χ4v) is 3.23. The second-order valence-electron chi connectivity index (χ2n) is 7.87. The molecule has 2 atom stereocenters. The molecular weight excluding hydrogens is 540 g/mol. The van der Waals surface area contributed by atoms with Gasteiger partial charge in [-0.1, -0.05) is 12.1 Å². The third kappa shape index (κ3) is 11.5. The molecule has 0 bridgehead atoms. The fraction of sp³-hybridized carbons (Fsp3) is 0.375. The predicted molar refractivity (Wildman–Crippen MR) is 124 cm³/mol. The minimum Gasteiger partial charge on any atom is -0.475 e. The van der Waals surface area contributed by atoms with Crippen LogP contribution < -0.4 is 0 Å². The van der Waals surface area contributed by atoms with E-state index >= 15 is 0 Å². The molecule has 0 unspecified atom stereocenters. The van der Waals surface area contributed by atoms with Crippen molar-refractivity contribution in [2.45, 2.75) is 44.3 Å². The van der Waals surface area contributed by atoms with Gasteiger partial charge in [-0.2, -0.15) is 26.3 Å². The number of halogens is 6. The highest BCUT2D eigenvalue weighted by molar-refractivity contribution is 5.94. The molecule has 3 heterocycles. The Kier molecular flexibility index (Phi) is 12.5. The summed E-state index contributed by atoms with van der Waals surface area (Å²) in [6.45, 7) is 6.80. The van der Waals surface area contributed by atoms with Crippen molar-refractivity contribution in [2.24, 2.45) is 0 Å². The van der Waals surface area contributed by atoms with E-state index in [-0.39, 0.29) is 18.1 Å². The average Bonchev–Trinajstić information content (AvgIpc) is 3.25. The molecule has 0 saturated carbocycles. The SMILES string of the molecule is C=CCO[C@H]1CCN(C(=O)c2ccc(C)nc2)[C@H]1Cc1cccnc1.O=C(O)C(F)(F)F.O=C(O)C(F)(F)F. The number of amides is 1. The molecule has 39 heavy (non-hydrogen) atoms. The van der Waals surface area contributed by atoms with E-state index < -0.39 is 24.3 Å². The van der Waals surface area contributed by atoms with Gasteiger partial charge in [-0.25, -0.2) is 9.59 Å². The number of aryl methyl sites for hydroxylation is 1. The summed E-state index contributed by atoms with van der Waals surface area (Å²) in [7, 11) is 0. The van der Waals surface area contributed by atoms with Crippen LogP contribution in [0.4, 0.5) is 26.3 Å². The molecule has 0 aromatic carbocycles. The molecule has 0 radical (unpaired) electrons. The molecule has 1 aliphatic rings. The summed E-state index contributed by atoms with van der Waals surface area (Å²) in [5.41, 5.74) is 2.62. The summed E-state index contributed by atoms with van der Waals surface area (Å²) in [6.07, 6.45) is -1.62. The summed E-state index contributed by atoms with van der Waals surface area (Å²) < 4.78 is 69.4. The summed E-state index contributed by atoms with van der Waals surface area (Å²) in [5, 5.41) is 14.2. The lowest BCUT2D eigenvalue weighted by atomic mass is 10.0. The molecule has 1 fully saturated rings. The molecule has 0 spiro atoms. The number of carboxylic acid groups (broad SMARTS) is 2. The van der Waals surface area contributed by atoms with Crippen molar-refractivity contribution >= 4 is 17.8 Å². The Labute approximate surface area is 218 Å². The standard InChI is InChI=1S/C20H23N3O2.2C2HF3O2/c1-3-11-25-19-8-10-23(18(19)12-16-5-4-9-21-13-16)20(24)17-7-6-15(2)22-14-17;2*3-2(4,5)1(6)7/h3-7,9,13-14,18-19H,1,8,10-12H2,2H3;2*(H,6,7)/t18-,19-;;/m0../s1. The third-order valence-electron chi connectivity index (χ3n) is 4.98. The van der Waals surface area contributed by atoms with Crippen molar-refractivity contribution < 1.29 is 55.7 Å². The van der Waals surface area contributed by atoms with E-state index in [1.165, 1.54) is 0 Å². The molecule has 3 rings (SSSR count). The number of alkyl halides is 6. The van der Waals surface area contributed by atoms with Crippen LogP contribution in [0.25, 0.3) is 0 Å². The second kappa shape index (κ2) is 14.8. The Morgan fingerprint density at radius 1 is 1.08 bits per heavy atom. The fourth-order valence-electron chi connectivity index (χ4n) is 3.23. The van der Waals surface area contributed by atoms with Crippen molar-refractivity contribution in [1.29, 1.82) is 0 Å². The number of aromatic nitrogens is 2. The lowest BCUT2D eigenvalue weighted by Crippen LogP contribution is -2.42. The van der Waals surface area contributed by atoms with Crippen molar-refractivity contribution in [1.82, 2.24) is 14.9 Å². The largest absolute Gasteiger partial charge is 0.490 e. The third-order valence-corrected chi connectivity index (χ3v) is 4.98. The van der Waals surface area contributed by atoms with Crippen LogP contribution in [-0.2, 0) is 20.7 Å². The van der Waals surface area contributed by atoms with Gasteiger partial charge in [-0.3, -0.25) is 14.8 Å². The monoisotopic (exact) mass is 565 g/mol. The molecule has 1 aliphatic heterocycles. The summed E-state index contributed by atoms with van der Waals surface area (Å²) in [5.74, 6) is -5.51. The number of hydrogen-bond acceptors (Lipinski definition) is 6. The highest BCUT2D eigenvalue weighted by Gasteiger charge is 2.39. The van der Waals surface area contributed by atoms with E-state index in [4.69, 9.17) is 24.5 Å². The summed E-state index contributed by atoms with van der Waals surface area (Å²) in [4.78, 5) is 41.1. The summed E-state index contributed by atoms with van der Waals surface area (Å²) in [6, 6.07) is 7.64. The maximum absolute atomic E-state index is 13.0. The van der Waals surface area contributed by atoms with Crippen LogP contribution in [0.2, 0.25) is 0 Å². The number of carbonyl (C=O) groups is 3. The number of carboxylic acids is 2. The van der Waals surface area contributed by atoms with Gasteiger partial charge in [0.25, 0.3) is 5.91 Å². The van der Waals surface area contributed by atoms with Crippen molar-refractivity contribution in [3.05, 3.63) is 72.3 Å². The number of hydrogen-bond donors (Lipinski definition) is 2. The first kappa shape index (κ1) is 33.0. The van der Waals surface area contributed by atoms with Gasteiger partial charge in [0.05, 0.1) is 24.3 Å². The zero-order valence-corrected chi connectivity index (χ0v) is 20.4. The van der Waals surface area contributed by atoms with E-state index in [9.17, 15) is 31.1 Å². The lowest BCUT2D eigenvalue weighted by Gasteiger charge is -2.28. The zero-order chi connectivity index (χ0) is 29.8. The van der Waals surface area contributed by atoms with Crippen molar-refractivity contribution in [3.8, 4) is 0 Å². The highest BCUT2D eigenvalue weighted by atomic mass is 19.4. The van der Waals surface area contributed by atoms with E-state index in [1.807, 2.05) is 42.3 Å². The molecule has 1 amide bonds. The average molecular weight is 565 g/mol. The molecule has 9 nitrogen and oxygen atoms in total. The minimum atomic E-state index is -5.08. The topological polar surface area (TPSA) is 130 Å². The van der Waals surface area contributed by atoms with Crippen LogP contribution >= 0.6 is 0 Å². The van der Waals surface area contributed by atoms with Crippen molar-refractivity contribution in [3.63, 3.8) is 0 Å². The molecule has 15 heteroatoms. The first-order valence-electron chi connectivity index (χ1n) is 11.0. The number of nitrogens with zero attached hydrogens (tertiary/aromatic N) is 3. The van der Waals surface area contributed by atoms with Crippen LogP contribution in [0, 0.1) is 6.92 Å². The summed E-state index contributed by atoms with van der Waals surface area (Å²) >= 11 is 0. The Balaban J connectivity index is 0.000000449. The molecule has 2 aromatic rings. The highest BCUT2D eigenvalue weighted by Crippen LogP contribution is 2.26. The molecule has 2 aromatic heterocycles. The van der Waals surface area contributed by atoms with Crippen LogP contribution in [0.5, 0.6) is 0 Å².